The Kier molecular flexibility index (Phi) is 3.07. The first-order valence-electron chi connectivity index (χ1n) is 8.88. The molecule has 0 aromatic heterocycles. The van der Waals surface area contributed by atoms with Gasteiger partial charge in [0, 0.05) is 0 Å². The third-order valence-electron chi connectivity index (χ3n) is 7.11. The summed E-state index contributed by atoms with van der Waals surface area (Å²) >= 11 is 0. The van der Waals surface area contributed by atoms with Gasteiger partial charge in [0.1, 0.15) is 0 Å². The van der Waals surface area contributed by atoms with Gasteiger partial charge in [0.2, 0.25) is 0 Å². The van der Waals surface area contributed by atoms with Crippen LogP contribution in [0.2, 0.25) is 0 Å². The molecule has 1 aromatic carbocycles. The molecular weight excluding hydrogens is 252 g/mol. The molecule has 0 aliphatic heterocycles. The van der Waals surface area contributed by atoms with E-state index in [1.165, 1.54) is 56.1 Å². The molecule has 0 saturated heterocycles. The Balaban J connectivity index is 1.74. The minimum atomic E-state index is 0.675. The summed E-state index contributed by atoms with van der Waals surface area (Å²) < 4.78 is 0. The van der Waals surface area contributed by atoms with Crippen LogP contribution in [0.4, 0.5) is 0 Å². The van der Waals surface area contributed by atoms with Gasteiger partial charge in [-0.25, -0.2) is 0 Å². The molecule has 3 aliphatic rings. The maximum absolute atomic E-state index is 3.97. The lowest BCUT2D eigenvalue weighted by Gasteiger charge is -2.49. The van der Waals surface area contributed by atoms with Crippen molar-refractivity contribution in [3.8, 4) is 0 Å². The predicted octanol–water partition coefficient (Wildman–Crippen LogP) is 5.88. The number of aryl methyl sites for hydroxylation is 2. The van der Waals surface area contributed by atoms with E-state index in [-0.39, 0.29) is 0 Å². The smallest absolute Gasteiger partial charge is 0.0128 e. The normalized spacial score (nSPS) is 37.5. The minimum Gasteiger partial charge on any atom is -0.0985 e. The fourth-order valence-corrected chi connectivity index (χ4v) is 5.97. The summed E-state index contributed by atoms with van der Waals surface area (Å²) in [5.41, 5.74) is 6.76. The summed E-state index contributed by atoms with van der Waals surface area (Å²) in [5, 5.41) is 0. The zero-order valence-electron chi connectivity index (χ0n) is 13.6. The second-order valence-electron chi connectivity index (χ2n) is 8.11. The first kappa shape index (κ1) is 13.6. The van der Waals surface area contributed by atoms with Crippen LogP contribution in [0.15, 0.2) is 18.7 Å². The average Bonchev–Trinajstić information content (AvgIpc) is 2.88. The highest BCUT2D eigenvalue weighted by atomic mass is 14.5. The summed E-state index contributed by atoms with van der Waals surface area (Å²) in [6, 6.07) is 4.93. The monoisotopic (exact) mass is 280 g/mol. The Labute approximate surface area is 129 Å². The molecule has 2 saturated carbocycles. The first-order valence-corrected chi connectivity index (χ1v) is 8.88. The van der Waals surface area contributed by atoms with E-state index in [0.717, 1.165) is 17.8 Å². The van der Waals surface area contributed by atoms with Crippen molar-refractivity contribution in [3.63, 3.8) is 0 Å². The van der Waals surface area contributed by atoms with Gasteiger partial charge in [-0.3, -0.25) is 0 Å². The van der Waals surface area contributed by atoms with E-state index in [1.807, 2.05) is 6.08 Å². The SMILES string of the molecule is C=Cc1cc2c(cc1C)C1CCC3(C)CCCC3C1CC2. The van der Waals surface area contributed by atoms with E-state index in [1.54, 1.807) is 11.1 Å². The molecule has 0 bridgehead atoms. The molecular formula is C21H28. The largest absolute Gasteiger partial charge is 0.0985 e. The Morgan fingerprint density at radius 2 is 2.05 bits per heavy atom. The summed E-state index contributed by atoms with van der Waals surface area (Å²) in [7, 11) is 0. The van der Waals surface area contributed by atoms with Crippen molar-refractivity contribution in [3.05, 3.63) is 41.0 Å². The van der Waals surface area contributed by atoms with Gasteiger partial charge in [-0.1, -0.05) is 38.1 Å². The van der Waals surface area contributed by atoms with Gasteiger partial charge in [0.05, 0.1) is 0 Å². The molecule has 3 aliphatic carbocycles. The second kappa shape index (κ2) is 4.73. The molecule has 0 N–H and O–H groups in total. The number of rotatable bonds is 1. The second-order valence-corrected chi connectivity index (χ2v) is 8.11. The zero-order chi connectivity index (χ0) is 14.6. The molecule has 2 fully saturated rings. The quantitative estimate of drug-likeness (QED) is 0.602. The van der Waals surface area contributed by atoms with Crippen LogP contribution in [0.1, 0.15) is 73.6 Å². The van der Waals surface area contributed by atoms with Gasteiger partial charge in [-0.05, 0) is 90.9 Å². The molecule has 0 spiro atoms. The highest BCUT2D eigenvalue weighted by Gasteiger charge is 2.50. The molecule has 112 valence electrons. The Hall–Kier alpha value is -1.04. The van der Waals surface area contributed by atoms with E-state index in [9.17, 15) is 0 Å². The van der Waals surface area contributed by atoms with E-state index >= 15 is 0 Å². The molecule has 0 radical (unpaired) electrons. The van der Waals surface area contributed by atoms with Crippen LogP contribution in [0, 0.1) is 24.2 Å². The van der Waals surface area contributed by atoms with Crippen LogP contribution in [-0.4, -0.2) is 0 Å². The molecule has 4 unspecified atom stereocenters. The van der Waals surface area contributed by atoms with Crippen molar-refractivity contribution in [2.24, 2.45) is 17.3 Å². The Morgan fingerprint density at radius 1 is 1.19 bits per heavy atom. The van der Waals surface area contributed by atoms with Crippen LogP contribution in [0.3, 0.4) is 0 Å². The molecule has 1 aromatic rings. The number of hydrogen-bond acceptors (Lipinski definition) is 0. The third kappa shape index (κ3) is 1.94. The van der Waals surface area contributed by atoms with Crippen molar-refractivity contribution in [1.29, 1.82) is 0 Å². The fourth-order valence-electron chi connectivity index (χ4n) is 5.97. The number of hydrogen-bond donors (Lipinski definition) is 0. The van der Waals surface area contributed by atoms with E-state index < -0.39 is 0 Å². The lowest BCUT2D eigenvalue weighted by molar-refractivity contribution is 0.0598. The summed E-state index contributed by atoms with van der Waals surface area (Å²) in [6.07, 6.45) is 12.1. The van der Waals surface area contributed by atoms with Crippen LogP contribution in [0.25, 0.3) is 6.08 Å². The maximum atomic E-state index is 3.97. The minimum absolute atomic E-state index is 0.675. The van der Waals surface area contributed by atoms with Crippen LogP contribution in [0.5, 0.6) is 0 Å². The summed E-state index contributed by atoms with van der Waals surface area (Å²) in [6.45, 7) is 8.81. The molecule has 4 atom stereocenters. The predicted molar refractivity (Wildman–Crippen MR) is 90.5 cm³/mol. The van der Waals surface area contributed by atoms with Gasteiger partial charge < -0.3 is 0 Å². The van der Waals surface area contributed by atoms with Crippen molar-refractivity contribution >= 4 is 6.08 Å². The van der Waals surface area contributed by atoms with Crippen LogP contribution >= 0.6 is 0 Å². The third-order valence-corrected chi connectivity index (χ3v) is 7.11. The molecule has 0 nitrogen and oxygen atoms in total. The van der Waals surface area contributed by atoms with Gasteiger partial charge in [0.15, 0.2) is 0 Å². The van der Waals surface area contributed by atoms with Gasteiger partial charge in [-0.2, -0.15) is 0 Å². The highest BCUT2D eigenvalue weighted by Crippen LogP contribution is 2.60. The van der Waals surface area contributed by atoms with Crippen molar-refractivity contribution in [2.45, 2.75) is 64.7 Å². The van der Waals surface area contributed by atoms with Crippen molar-refractivity contribution in [1.82, 2.24) is 0 Å². The number of benzene rings is 1. The standard InChI is InChI=1S/C21H28/c1-4-15-13-16-7-8-18-17(19(16)12-14(15)2)9-11-21(3)10-5-6-20(18)21/h4,12-13,17-18,20H,1,5-11H2,2-3H3. The van der Waals surface area contributed by atoms with E-state index in [4.69, 9.17) is 0 Å². The first-order chi connectivity index (χ1) is 10.1. The molecule has 0 heterocycles. The van der Waals surface area contributed by atoms with E-state index in [2.05, 4.69) is 32.6 Å². The highest BCUT2D eigenvalue weighted by molar-refractivity contribution is 5.56. The Morgan fingerprint density at radius 3 is 2.86 bits per heavy atom. The lowest BCUT2D eigenvalue weighted by Crippen LogP contribution is -2.39. The molecule has 21 heavy (non-hydrogen) atoms. The van der Waals surface area contributed by atoms with Crippen molar-refractivity contribution < 1.29 is 0 Å². The summed E-state index contributed by atoms with van der Waals surface area (Å²) in [5.74, 6) is 2.82. The molecule has 4 rings (SSSR count). The lowest BCUT2D eigenvalue weighted by atomic mass is 9.56. The fraction of sp³-hybridized carbons (Fsp3) is 0.619. The maximum Gasteiger partial charge on any atom is -0.0128 e. The number of fused-ring (bicyclic) bond motifs is 5. The van der Waals surface area contributed by atoms with Crippen molar-refractivity contribution in [2.75, 3.05) is 0 Å². The Bertz CT molecular complexity index is 582. The van der Waals surface area contributed by atoms with Crippen LogP contribution in [-0.2, 0) is 6.42 Å². The van der Waals surface area contributed by atoms with Gasteiger partial charge >= 0.3 is 0 Å². The van der Waals surface area contributed by atoms with Gasteiger partial charge in [0.25, 0.3) is 0 Å². The summed E-state index contributed by atoms with van der Waals surface area (Å²) in [4.78, 5) is 0. The average molecular weight is 280 g/mol. The molecule has 0 heteroatoms. The topological polar surface area (TPSA) is 0 Å². The van der Waals surface area contributed by atoms with E-state index in [0.29, 0.717) is 5.41 Å². The molecule has 0 amide bonds. The zero-order valence-corrected chi connectivity index (χ0v) is 13.6. The van der Waals surface area contributed by atoms with Gasteiger partial charge in [-0.15, -0.1) is 0 Å². The van der Waals surface area contributed by atoms with Crippen LogP contribution < -0.4 is 0 Å².